The highest BCUT2D eigenvalue weighted by atomic mass is 35.5. The zero-order chi connectivity index (χ0) is 15.8. The van der Waals surface area contributed by atoms with E-state index >= 15 is 0 Å². The van der Waals surface area contributed by atoms with Gasteiger partial charge in [0.2, 0.25) is 0 Å². The molecule has 0 radical (unpaired) electrons. The molecule has 0 fully saturated rings. The van der Waals surface area contributed by atoms with Gasteiger partial charge in [-0.1, -0.05) is 71.8 Å². The third-order valence-electron chi connectivity index (χ3n) is 3.74. The van der Waals surface area contributed by atoms with Gasteiger partial charge in [0, 0.05) is 11.1 Å². The molecular weight excluding hydrogens is 308 g/mol. The number of hydrogen-bond donors (Lipinski definition) is 0. The van der Waals surface area contributed by atoms with Crippen molar-refractivity contribution in [3.63, 3.8) is 0 Å². The van der Waals surface area contributed by atoms with Crippen molar-refractivity contribution in [1.82, 2.24) is 19.8 Å². The van der Waals surface area contributed by atoms with E-state index in [1.807, 2.05) is 67.6 Å². The summed E-state index contributed by atoms with van der Waals surface area (Å²) in [5.74, 6) is 0.682. The Balaban J connectivity index is 1.88. The molecule has 4 aromatic rings. The van der Waals surface area contributed by atoms with E-state index in [4.69, 9.17) is 11.6 Å². The van der Waals surface area contributed by atoms with Crippen molar-refractivity contribution in [1.29, 1.82) is 0 Å². The molecule has 5 heteroatoms. The largest absolute Gasteiger partial charge is 0.191 e. The maximum absolute atomic E-state index is 6.39. The van der Waals surface area contributed by atoms with Gasteiger partial charge in [-0.3, -0.25) is 0 Å². The first-order valence-electron chi connectivity index (χ1n) is 7.27. The molecule has 0 aliphatic heterocycles. The van der Waals surface area contributed by atoms with E-state index in [0.29, 0.717) is 16.6 Å². The summed E-state index contributed by atoms with van der Waals surface area (Å²) in [5, 5.41) is 13.4. The minimum Gasteiger partial charge on any atom is -0.191 e. The summed E-state index contributed by atoms with van der Waals surface area (Å²) < 4.78 is 1.68. The van der Waals surface area contributed by atoms with Crippen molar-refractivity contribution in [2.45, 2.75) is 6.92 Å². The lowest BCUT2D eigenvalue weighted by Gasteiger charge is -2.05. The van der Waals surface area contributed by atoms with Crippen molar-refractivity contribution in [2.24, 2.45) is 0 Å². The molecule has 0 saturated heterocycles. The fraction of sp³-hybridized carbons (Fsp3) is 0.0556. The number of nitrogens with zero attached hydrogens (tertiary/aromatic N) is 4. The van der Waals surface area contributed by atoms with E-state index in [1.165, 1.54) is 5.56 Å². The van der Waals surface area contributed by atoms with Gasteiger partial charge in [-0.25, -0.2) is 0 Å². The van der Waals surface area contributed by atoms with Crippen LogP contribution in [0.15, 0.2) is 60.7 Å². The molecule has 0 amide bonds. The number of hydrogen-bond acceptors (Lipinski definition) is 3. The van der Waals surface area contributed by atoms with Gasteiger partial charge in [-0.05, 0) is 18.6 Å². The van der Waals surface area contributed by atoms with E-state index in [1.54, 1.807) is 4.52 Å². The van der Waals surface area contributed by atoms with Gasteiger partial charge in [-0.15, -0.1) is 10.2 Å². The van der Waals surface area contributed by atoms with Gasteiger partial charge in [0.25, 0.3) is 0 Å². The van der Waals surface area contributed by atoms with E-state index in [9.17, 15) is 0 Å². The molecule has 2 aromatic heterocycles. The summed E-state index contributed by atoms with van der Waals surface area (Å²) in [6, 6.07) is 19.9. The molecule has 0 aliphatic rings. The van der Waals surface area contributed by atoms with E-state index in [0.717, 1.165) is 16.7 Å². The van der Waals surface area contributed by atoms with Gasteiger partial charge < -0.3 is 0 Å². The smallest absolute Gasteiger partial charge is 0.185 e. The third-order valence-corrected chi connectivity index (χ3v) is 4.02. The first-order chi connectivity index (χ1) is 11.2. The molecule has 0 N–H and O–H groups in total. The lowest BCUT2D eigenvalue weighted by molar-refractivity contribution is 0.937. The Morgan fingerprint density at radius 2 is 1.61 bits per heavy atom. The lowest BCUT2D eigenvalue weighted by atomic mass is 10.1. The van der Waals surface area contributed by atoms with Crippen molar-refractivity contribution in [2.75, 3.05) is 0 Å². The fourth-order valence-electron chi connectivity index (χ4n) is 2.51. The molecule has 0 atom stereocenters. The molecule has 0 spiro atoms. The molecule has 4 nitrogen and oxygen atoms in total. The molecule has 112 valence electrons. The number of benzene rings is 2. The Hall–Kier alpha value is -2.72. The van der Waals surface area contributed by atoms with Crippen molar-refractivity contribution in [3.05, 3.63) is 71.4 Å². The standard InChI is InChI=1S/C18H13ClN4/c1-12-7-9-14(10-8-12)18-21-20-16-11-15(17(19)22-23(16)18)13-5-3-2-4-6-13/h2-11H,1H3. The molecule has 2 heterocycles. The predicted octanol–water partition coefficient (Wildman–Crippen LogP) is 4.42. The van der Waals surface area contributed by atoms with Crippen LogP contribution in [0.5, 0.6) is 0 Å². The quantitative estimate of drug-likeness (QED) is 0.549. The summed E-state index contributed by atoms with van der Waals surface area (Å²) >= 11 is 6.39. The second-order valence-electron chi connectivity index (χ2n) is 5.37. The van der Waals surface area contributed by atoms with Gasteiger partial charge in [-0.2, -0.15) is 9.61 Å². The minimum atomic E-state index is 0.428. The average molecular weight is 321 g/mol. The van der Waals surface area contributed by atoms with Crippen LogP contribution in [0.2, 0.25) is 5.15 Å². The fourth-order valence-corrected chi connectivity index (χ4v) is 2.75. The van der Waals surface area contributed by atoms with Gasteiger partial charge in [0.05, 0.1) is 0 Å². The summed E-state index contributed by atoms with van der Waals surface area (Å²) in [5.41, 5.74) is 4.68. The van der Waals surface area contributed by atoms with Crippen LogP contribution in [0.1, 0.15) is 5.56 Å². The number of rotatable bonds is 2. The first-order valence-corrected chi connectivity index (χ1v) is 7.64. The number of aromatic nitrogens is 4. The Kier molecular flexibility index (Phi) is 3.32. The molecule has 0 bridgehead atoms. The van der Waals surface area contributed by atoms with Crippen molar-refractivity contribution >= 4 is 17.2 Å². The van der Waals surface area contributed by atoms with Gasteiger partial charge >= 0.3 is 0 Å². The Morgan fingerprint density at radius 1 is 0.870 bits per heavy atom. The molecule has 2 aromatic carbocycles. The number of halogens is 1. The van der Waals surface area contributed by atoms with Crippen LogP contribution in [0.3, 0.4) is 0 Å². The van der Waals surface area contributed by atoms with Crippen molar-refractivity contribution < 1.29 is 0 Å². The summed E-state index contributed by atoms with van der Waals surface area (Å²) in [6.45, 7) is 2.05. The van der Waals surface area contributed by atoms with Gasteiger partial charge in [0.1, 0.15) is 0 Å². The highest BCUT2D eigenvalue weighted by molar-refractivity contribution is 6.32. The zero-order valence-electron chi connectivity index (χ0n) is 12.4. The first kappa shape index (κ1) is 13.9. The molecule has 0 saturated carbocycles. The van der Waals surface area contributed by atoms with Crippen LogP contribution < -0.4 is 0 Å². The second kappa shape index (κ2) is 5.48. The molecule has 0 unspecified atom stereocenters. The molecular formula is C18H13ClN4. The lowest BCUT2D eigenvalue weighted by Crippen LogP contribution is -1.97. The van der Waals surface area contributed by atoms with Crippen molar-refractivity contribution in [3.8, 4) is 22.5 Å². The van der Waals surface area contributed by atoms with Crippen LogP contribution >= 0.6 is 11.6 Å². The Labute approximate surface area is 138 Å². The summed E-state index contributed by atoms with van der Waals surface area (Å²) in [4.78, 5) is 0. The molecule has 4 rings (SSSR count). The van der Waals surface area contributed by atoms with Crippen LogP contribution in [0.4, 0.5) is 0 Å². The summed E-state index contributed by atoms with van der Waals surface area (Å²) in [6.07, 6.45) is 0. The number of fused-ring (bicyclic) bond motifs is 1. The average Bonchev–Trinajstić information content (AvgIpc) is 2.98. The maximum Gasteiger partial charge on any atom is 0.185 e. The van der Waals surface area contributed by atoms with E-state index in [2.05, 4.69) is 15.3 Å². The van der Waals surface area contributed by atoms with E-state index < -0.39 is 0 Å². The van der Waals surface area contributed by atoms with Crippen LogP contribution in [-0.4, -0.2) is 19.8 Å². The minimum absolute atomic E-state index is 0.428. The van der Waals surface area contributed by atoms with Crippen LogP contribution in [-0.2, 0) is 0 Å². The topological polar surface area (TPSA) is 43.1 Å². The maximum atomic E-state index is 6.39. The zero-order valence-corrected chi connectivity index (χ0v) is 13.2. The third kappa shape index (κ3) is 2.47. The SMILES string of the molecule is Cc1ccc(-c2nnc3cc(-c4ccccc4)c(Cl)nn23)cc1. The van der Waals surface area contributed by atoms with Crippen LogP contribution in [0, 0.1) is 6.92 Å². The molecule has 23 heavy (non-hydrogen) atoms. The van der Waals surface area contributed by atoms with E-state index in [-0.39, 0.29) is 0 Å². The predicted molar refractivity (Wildman–Crippen MR) is 91.4 cm³/mol. The Morgan fingerprint density at radius 3 is 2.35 bits per heavy atom. The Bertz CT molecular complexity index is 975. The second-order valence-corrected chi connectivity index (χ2v) is 5.73. The van der Waals surface area contributed by atoms with Crippen LogP contribution in [0.25, 0.3) is 28.2 Å². The summed E-state index contributed by atoms with van der Waals surface area (Å²) in [7, 11) is 0. The number of aryl methyl sites for hydroxylation is 1. The van der Waals surface area contributed by atoms with Gasteiger partial charge in [0.15, 0.2) is 16.6 Å². The monoisotopic (exact) mass is 320 g/mol. The molecule has 0 aliphatic carbocycles. The normalized spacial score (nSPS) is 11.0. The highest BCUT2D eigenvalue weighted by Gasteiger charge is 2.13. The highest BCUT2D eigenvalue weighted by Crippen LogP contribution is 2.28.